The molecule has 0 aliphatic carbocycles. The van der Waals surface area contributed by atoms with E-state index in [1.54, 1.807) is 27.5 Å². The second kappa shape index (κ2) is 7.72. The van der Waals surface area contributed by atoms with Gasteiger partial charge in [-0.1, -0.05) is 6.92 Å². The number of nitrogens with one attached hydrogen (secondary N) is 1. The predicted molar refractivity (Wildman–Crippen MR) is 91.7 cm³/mol. The minimum Gasteiger partial charge on any atom is -0.493 e. The van der Waals surface area contributed by atoms with Crippen LogP contribution in [0.2, 0.25) is 0 Å². The van der Waals surface area contributed by atoms with E-state index >= 15 is 0 Å². The Balaban J connectivity index is 2.37. The van der Waals surface area contributed by atoms with Crippen molar-refractivity contribution in [2.24, 2.45) is 0 Å². The van der Waals surface area contributed by atoms with E-state index in [2.05, 4.69) is 17.2 Å². The number of hydrogen-bond donors (Lipinski definition) is 1. The molecule has 0 amide bonds. The van der Waals surface area contributed by atoms with Crippen LogP contribution in [0.5, 0.6) is 17.2 Å². The first-order valence-electron chi connectivity index (χ1n) is 7.62. The molecule has 5 nitrogen and oxygen atoms in total. The molecule has 1 heterocycles. The summed E-state index contributed by atoms with van der Waals surface area (Å²) in [5, 5.41) is 3.46. The maximum Gasteiger partial charge on any atom is 0.203 e. The molecule has 0 aliphatic rings. The second-order valence-corrected chi connectivity index (χ2v) is 5.28. The van der Waals surface area contributed by atoms with E-state index in [1.807, 2.05) is 31.2 Å². The standard InChI is InChI=1S/C18H24N2O3/c1-6-14(20-17-9-12(2)7-8-19-17)13-10-15(21-3)18(23-5)16(11-13)22-4/h7-11,14H,6H2,1-5H3,(H,19,20)/t14-/m1/s1. The lowest BCUT2D eigenvalue weighted by atomic mass is 10.0. The van der Waals surface area contributed by atoms with Crippen LogP contribution in [0.1, 0.15) is 30.5 Å². The quantitative estimate of drug-likeness (QED) is 0.837. The first-order valence-corrected chi connectivity index (χ1v) is 7.62. The largest absolute Gasteiger partial charge is 0.493 e. The second-order valence-electron chi connectivity index (χ2n) is 5.28. The normalized spacial score (nSPS) is 11.7. The minimum atomic E-state index is 0.0954. The lowest BCUT2D eigenvalue weighted by Crippen LogP contribution is -2.11. The molecule has 124 valence electrons. The number of aryl methyl sites for hydroxylation is 1. The van der Waals surface area contributed by atoms with Crippen LogP contribution in [0.4, 0.5) is 5.82 Å². The zero-order valence-electron chi connectivity index (χ0n) is 14.3. The SMILES string of the molecule is CC[C@@H](Nc1cc(C)ccn1)c1cc(OC)c(OC)c(OC)c1. The molecule has 1 aromatic heterocycles. The van der Waals surface area contributed by atoms with E-state index in [1.165, 1.54) is 5.56 Å². The molecule has 0 fully saturated rings. The minimum absolute atomic E-state index is 0.0954. The average Bonchev–Trinajstić information content (AvgIpc) is 2.58. The number of rotatable bonds is 7. The molecular formula is C18H24N2O3. The molecule has 1 atom stereocenters. The highest BCUT2D eigenvalue weighted by atomic mass is 16.5. The third-order valence-corrected chi connectivity index (χ3v) is 3.74. The van der Waals surface area contributed by atoms with Gasteiger partial charge in [0.05, 0.1) is 27.4 Å². The van der Waals surface area contributed by atoms with Crippen LogP contribution < -0.4 is 19.5 Å². The van der Waals surface area contributed by atoms with Crippen LogP contribution in [0, 0.1) is 6.92 Å². The summed E-state index contributed by atoms with van der Waals surface area (Å²) < 4.78 is 16.2. The molecule has 0 aliphatic heterocycles. The molecule has 1 aromatic carbocycles. The van der Waals surface area contributed by atoms with E-state index in [4.69, 9.17) is 14.2 Å². The lowest BCUT2D eigenvalue weighted by molar-refractivity contribution is 0.323. The zero-order valence-corrected chi connectivity index (χ0v) is 14.3. The van der Waals surface area contributed by atoms with Gasteiger partial charge in [-0.25, -0.2) is 4.98 Å². The van der Waals surface area contributed by atoms with Gasteiger partial charge in [0.2, 0.25) is 5.75 Å². The molecule has 0 unspecified atom stereocenters. The smallest absolute Gasteiger partial charge is 0.203 e. The van der Waals surface area contributed by atoms with Gasteiger partial charge in [0.15, 0.2) is 11.5 Å². The van der Waals surface area contributed by atoms with Gasteiger partial charge in [-0.3, -0.25) is 0 Å². The van der Waals surface area contributed by atoms with Crippen molar-refractivity contribution in [3.8, 4) is 17.2 Å². The van der Waals surface area contributed by atoms with Crippen molar-refractivity contribution in [1.29, 1.82) is 0 Å². The van der Waals surface area contributed by atoms with Crippen molar-refractivity contribution >= 4 is 5.82 Å². The van der Waals surface area contributed by atoms with Crippen molar-refractivity contribution in [2.75, 3.05) is 26.6 Å². The molecule has 5 heteroatoms. The lowest BCUT2D eigenvalue weighted by Gasteiger charge is -2.21. The molecule has 0 spiro atoms. The van der Waals surface area contributed by atoms with E-state index in [0.717, 1.165) is 17.8 Å². The fourth-order valence-electron chi connectivity index (χ4n) is 2.52. The Morgan fingerprint density at radius 3 is 2.17 bits per heavy atom. The van der Waals surface area contributed by atoms with E-state index < -0.39 is 0 Å². The monoisotopic (exact) mass is 316 g/mol. The Kier molecular flexibility index (Phi) is 5.68. The summed E-state index contributed by atoms with van der Waals surface area (Å²) in [6, 6.07) is 8.04. The molecular weight excluding hydrogens is 292 g/mol. The van der Waals surface area contributed by atoms with Crippen molar-refractivity contribution in [1.82, 2.24) is 4.98 Å². The van der Waals surface area contributed by atoms with Gasteiger partial charge < -0.3 is 19.5 Å². The maximum atomic E-state index is 5.43. The Morgan fingerprint density at radius 1 is 1.04 bits per heavy atom. The Hall–Kier alpha value is -2.43. The summed E-state index contributed by atoms with van der Waals surface area (Å²) >= 11 is 0. The summed E-state index contributed by atoms with van der Waals surface area (Å²) in [6.07, 6.45) is 2.70. The Labute approximate surface area is 137 Å². The number of methoxy groups -OCH3 is 3. The molecule has 2 aromatic rings. The first kappa shape index (κ1) is 16.9. The summed E-state index contributed by atoms with van der Waals surface area (Å²) in [6.45, 7) is 4.17. The van der Waals surface area contributed by atoms with Crippen LogP contribution in [-0.2, 0) is 0 Å². The zero-order chi connectivity index (χ0) is 16.8. The van der Waals surface area contributed by atoms with Crippen molar-refractivity contribution in [3.63, 3.8) is 0 Å². The van der Waals surface area contributed by atoms with E-state index in [-0.39, 0.29) is 6.04 Å². The van der Waals surface area contributed by atoms with Crippen LogP contribution in [-0.4, -0.2) is 26.3 Å². The highest BCUT2D eigenvalue weighted by Gasteiger charge is 2.18. The van der Waals surface area contributed by atoms with Crippen molar-refractivity contribution in [2.45, 2.75) is 26.3 Å². The predicted octanol–water partition coefficient (Wildman–Crippen LogP) is 3.98. The molecule has 1 N–H and O–H groups in total. The summed E-state index contributed by atoms with van der Waals surface area (Å²) in [5.41, 5.74) is 2.23. The van der Waals surface area contributed by atoms with Gasteiger partial charge in [0.25, 0.3) is 0 Å². The van der Waals surface area contributed by atoms with Gasteiger partial charge >= 0.3 is 0 Å². The summed E-state index contributed by atoms with van der Waals surface area (Å²) in [7, 11) is 4.85. The number of hydrogen-bond acceptors (Lipinski definition) is 5. The summed E-state index contributed by atoms with van der Waals surface area (Å²) in [4.78, 5) is 4.37. The van der Waals surface area contributed by atoms with Crippen LogP contribution >= 0.6 is 0 Å². The highest BCUT2D eigenvalue weighted by Crippen LogP contribution is 2.40. The highest BCUT2D eigenvalue weighted by molar-refractivity contribution is 5.55. The number of ether oxygens (including phenoxy) is 3. The van der Waals surface area contributed by atoms with E-state index in [0.29, 0.717) is 17.2 Å². The fraction of sp³-hybridized carbons (Fsp3) is 0.389. The van der Waals surface area contributed by atoms with Crippen LogP contribution in [0.3, 0.4) is 0 Å². The first-order chi connectivity index (χ1) is 11.1. The molecule has 23 heavy (non-hydrogen) atoms. The molecule has 0 radical (unpaired) electrons. The summed E-state index contributed by atoms with van der Waals surface area (Å²) in [5.74, 6) is 2.76. The molecule has 0 bridgehead atoms. The number of nitrogens with zero attached hydrogens (tertiary/aromatic N) is 1. The van der Waals surface area contributed by atoms with Gasteiger partial charge in [-0.2, -0.15) is 0 Å². The van der Waals surface area contributed by atoms with E-state index in [9.17, 15) is 0 Å². The fourth-order valence-corrected chi connectivity index (χ4v) is 2.52. The van der Waals surface area contributed by atoms with Gasteiger partial charge in [0, 0.05) is 6.20 Å². The third-order valence-electron chi connectivity index (χ3n) is 3.74. The number of benzene rings is 1. The number of aromatic nitrogens is 1. The number of pyridine rings is 1. The third kappa shape index (κ3) is 3.86. The number of anilines is 1. The van der Waals surface area contributed by atoms with Gasteiger partial charge in [-0.05, 0) is 48.7 Å². The van der Waals surface area contributed by atoms with Gasteiger partial charge in [-0.15, -0.1) is 0 Å². The van der Waals surface area contributed by atoms with Crippen LogP contribution in [0.15, 0.2) is 30.5 Å². The van der Waals surface area contributed by atoms with Crippen molar-refractivity contribution in [3.05, 3.63) is 41.6 Å². The maximum absolute atomic E-state index is 5.43. The topological polar surface area (TPSA) is 52.6 Å². The average molecular weight is 316 g/mol. The molecule has 0 saturated heterocycles. The Morgan fingerprint density at radius 2 is 1.70 bits per heavy atom. The van der Waals surface area contributed by atoms with Crippen molar-refractivity contribution < 1.29 is 14.2 Å². The van der Waals surface area contributed by atoms with Gasteiger partial charge in [0.1, 0.15) is 5.82 Å². The van der Waals surface area contributed by atoms with Crippen LogP contribution in [0.25, 0.3) is 0 Å². The molecule has 0 saturated carbocycles. The molecule has 2 rings (SSSR count). The Bertz CT molecular complexity index is 633.